The number of benzene rings is 1. The summed E-state index contributed by atoms with van der Waals surface area (Å²) in [5.41, 5.74) is 1.25. The molecule has 0 aromatic heterocycles. The molecule has 0 saturated heterocycles. The molecule has 0 aliphatic carbocycles. The second kappa shape index (κ2) is 7.04. The van der Waals surface area contributed by atoms with E-state index in [-0.39, 0.29) is 12.2 Å². The molecule has 5 heteroatoms. The van der Waals surface area contributed by atoms with E-state index in [2.05, 4.69) is 93.1 Å². The lowest BCUT2D eigenvalue weighted by Gasteiger charge is -2.35. The van der Waals surface area contributed by atoms with Gasteiger partial charge in [0.2, 0.25) is 0 Å². The molecule has 1 aromatic carbocycles. The quantitative estimate of drug-likeness (QED) is 0.450. The molecule has 0 aliphatic rings. The van der Waals surface area contributed by atoms with E-state index in [1.54, 1.807) is 0 Å². The second-order valence-electron chi connectivity index (χ2n) is 7.11. The van der Waals surface area contributed by atoms with E-state index in [0.29, 0.717) is 0 Å². The van der Waals surface area contributed by atoms with Gasteiger partial charge >= 0.3 is 0 Å². The first-order valence-electron chi connectivity index (χ1n) is 7.10. The highest BCUT2D eigenvalue weighted by Crippen LogP contribution is 2.31. The molecule has 2 nitrogen and oxygen atoms in total. The highest BCUT2D eigenvalue weighted by Gasteiger charge is 2.31. The van der Waals surface area contributed by atoms with Crippen molar-refractivity contribution in [1.29, 1.82) is 0 Å². The first kappa shape index (κ1) is 18.4. The summed E-state index contributed by atoms with van der Waals surface area (Å²) in [4.78, 5) is 0. The fraction of sp³-hybridized carbons (Fsp3) is 0.600. The molecule has 2 atom stereocenters. The largest absolute Gasteiger partial charge is 0.412 e. The van der Waals surface area contributed by atoms with Gasteiger partial charge in [-0.25, -0.2) is 0 Å². The van der Waals surface area contributed by atoms with Gasteiger partial charge in [0.05, 0.1) is 12.2 Å². The number of hydrogen-bond donors (Lipinski definition) is 0. The van der Waals surface area contributed by atoms with Crippen LogP contribution in [0.4, 0.5) is 0 Å². The highest BCUT2D eigenvalue weighted by molar-refractivity contribution is 14.1. The van der Waals surface area contributed by atoms with E-state index in [4.69, 9.17) is 8.85 Å². The van der Waals surface area contributed by atoms with Crippen LogP contribution in [-0.4, -0.2) is 22.7 Å². The molecule has 1 rings (SSSR count). The molecule has 0 bridgehead atoms. The molecule has 1 aromatic rings. The van der Waals surface area contributed by atoms with Crippen LogP contribution in [0, 0.1) is 3.57 Å². The SMILES string of the molecule is C[C@@H](O[Si](C)(C)C)C(O[Si](C)(C)C)c1ccccc1I. The van der Waals surface area contributed by atoms with Gasteiger partial charge in [-0.15, -0.1) is 0 Å². The van der Waals surface area contributed by atoms with Crippen molar-refractivity contribution in [3.63, 3.8) is 0 Å². The third-order valence-corrected chi connectivity index (χ3v) is 5.68. The average Bonchev–Trinajstić information content (AvgIpc) is 2.23. The van der Waals surface area contributed by atoms with Gasteiger partial charge in [-0.05, 0) is 80.4 Å². The van der Waals surface area contributed by atoms with E-state index in [0.717, 1.165) is 0 Å². The van der Waals surface area contributed by atoms with Crippen LogP contribution in [0.5, 0.6) is 0 Å². The van der Waals surface area contributed by atoms with Gasteiger partial charge in [-0.1, -0.05) is 18.2 Å². The summed E-state index contributed by atoms with van der Waals surface area (Å²) in [7, 11) is -3.21. The molecule has 20 heavy (non-hydrogen) atoms. The minimum atomic E-state index is -1.63. The molecule has 0 fully saturated rings. The van der Waals surface area contributed by atoms with Crippen molar-refractivity contribution in [3.8, 4) is 0 Å². The molecular weight excluding hydrogens is 395 g/mol. The van der Waals surface area contributed by atoms with Crippen molar-refractivity contribution in [2.45, 2.75) is 58.4 Å². The summed E-state index contributed by atoms with van der Waals surface area (Å²) < 4.78 is 14.0. The van der Waals surface area contributed by atoms with Crippen LogP contribution in [-0.2, 0) is 8.85 Å². The van der Waals surface area contributed by atoms with Crippen LogP contribution in [0.15, 0.2) is 24.3 Å². The second-order valence-corrected chi connectivity index (χ2v) is 17.2. The molecule has 0 N–H and O–H groups in total. The smallest absolute Gasteiger partial charge is 0.184 e. The maximum atomic E-state index is 6.44. The van der Waals surface area contributed by atoms with Crippen LogP contribution < -0.4 is 0 Å². The van der Waals surface area contributed by atoms with Gasteiger partial charge in [0, 0.05) is 3.57 Å². The minimum Gasteiger partial charge on any atom is -0.412 e. The molecule has 1 unspecified atom stereocenters. The molecule has 0 heterocycles. The molecular formula is C15H27IO2Si2. The fourth-order valence-electron chi connectivity index (χ4n) is 2.12. The summed E-state index contributed by atoms with van der Waals surface area (Å²) in [6.45, 7) is 15.5. The molecule has 114 valence electrons. The predicted octanol–water partition coefficient (Wildman–Crippen LogP) is 5.42. The number of rotatable bonds is 6. The van der Waals surface area contributed by atoms with Gasteiger partial charge < -0.3 is 8.85 Å². The molecule has 0 radical (unpaired) electrons. The van der Waals surface area contributed by atoms with Crippen molar-refractivity contribution in [2.75, 3.05) is 0 Å². The van der Waals surface area contributed by atoms with Crippen molar-refractivity contribution < 1.29 is 8.85 Å². The van der Waals surface area contributed by atoms with E-state index >= 15 is 0 Å². The Morgan fingerprint density at radius 2 is 1.40 bits per heavy atom. The monoisotopic (exact) mass is 422 g/mol. The van der Waals surface area contributed by atoms with E-state index < -0.39 is 16.6 Å². The zero-order valence-electron chi connectivity index (χ0n) is 13.7. The Hall–Kier alpha value is 0.304. The summed E-state index contributed by atoms with van der Waals surface area (Å²) in [5.74, 6) is 0. The normalized spacial score (nSPS) is 16.0. The van der Waals surface area contributed by atoms with Gasteiger partial charge in [-0.2, -0.15) is 0 Å². The van der Waals surface area contributed by atoms with Crippen molar-refractivity contribution in [3.05, 3.63) is 33.4 Å². The molecule has 0 saturated carbocycles. The fourth-order valence-corrected chi connectivity index (χ4v) is 5.13. The molecule has 0 aliphatic heterocycles. The van der Waals surface area contributed by atoms with E-state index in [1.165, 1.54) is 9.13 Å². The van der Waals surface area contributed by atoms with Gasteiger partial charge in [0.25, 0.3) is 0 Å². The lowest BCUT2D eigenvalue weighted by molar-refractivity contribution is 0.0545. The summed E-state index contributed by atoms with van der Waals surface area (Å²) in [6, 6.07) is 8.45. The van der Waals surface area contributed by atoms with E-state index in [9.17, 15) is 0 Å². The van der Waals surface area contributed by atoms with Crippen LogP contribution >= 0.6 is 22.6 Å². The van der Waals surface area contributed by atoms with Crippen LogP contribution in [0.2, 0.25) is 39.3 Å². The first-order chi connectivity index (χ1) is 8.99. The third-order valence-electron chi connectivity index (χ3n) is 2.66. The summed E-state index contributed by atoms with van der Waals surface area (Å²) in [6.07, 6.45) is 0.116. The standard InChI is InChI=1S/C15H27IO2Si2/c1-12(17-19(2,3)4)15(18-20(5,6)7)13-10-8-9-11-14(13)16/h8-12,15H,1-7H3/t12-,15?/m1/s1. The Bertz CT molecular complexity index is 438. The van der Waals surface area contributed by atoms with Crippen LogP contribution in [0.25, 0.3) is 0 Å². The van der Waals surface area contributed by atoms with Crippen LogP contribution in [0.3, 0.4) is 0 Å². The number of hydrogen-bond acceptors (Lipinski definition) is 2. The minimum absolute atomic E-state index is 0.0292. The average molecular weight is 422 g/mol. The summed E-state index contributed by atoms with van der Waals surface area (Å²) in [5, 5.41) is 0. The topological polar surface area (TPSA) is 18.5 Å². The first-order valence-corrected chi connectivity index (χ1v) is 15.0. The Balaban J connectivity index is 3.06. The third kappa shape index (κ3) is 6.38. The van der Waals surface area contributed by atoms with Crippen LogP contribution in [0.1, 0.15) is 18.6 Å². The van der Waals surface area contributed by atoms with Gasteiger partial charge in [0.1, 0.15) is 0 Å². The zero-order chi connectivity index (χ0) is 15.6. The van der Waals surface area contributed by atoms with Gasteiger partial charge in [0.15, 0.2) is 16.6 Å². The predicted molar refractivity (Wildman–Crippen MR) is 100 cm³/mol. The van der Waals surface area contributed by atoms with Crippen molar-refractivity contribution >= 4 is 39.2 Å². The van der Waals surface area contributed by atoms with Gasteiger partial charge in [-0.3, -0.25) is 0 Å². The van der Waals surface area contributed by atoms with Crippen molar-refractivity contribution in [1.82, 2.24) is 0 Å². The Morgan fingerprint density at radius 3 is 1.85 bits per heavy atom. The Morgan fingerprint density at radius 1 is 0.900 bits per heavy atom. The Kier molecular flexibility index (Phi) is 6.46. The van der Waals surface area contributed by atoms with E-state index in [1.807, 2.05) is 0 Å². The maximum absolute atomic E-state index is 6.44. The highest BCUT2D eigenvalue weighted by atomic mass is 127. The lowest BCUT2D eigenvalue weighted by Crippen LogP contribution is -2.39. The summed E-state index contributed by atoms with van der Waals surface area (Å²) >= 11 is 2.39. The lowest BCUT2D eigenvalue weighted by atomic mass is 10.1. The van der Waals surface area contributed by atoms with Crippen molar-refractivity contribution in [2.24, 2.45) is 0 Å². The molecule has 0 amide bonds. The maximum Gasteiger partial charge on any atom is 0.184 e. The Labute approximate surface area is 139 Å². The number of halogens is 1. The zero-order valence-corrected chi connectivity index (χ0v) is 17.8. The molecule has 0 spiro atoms.